The Balaban J connectivity index is 1.67. The van der Waals surface area contributed by atoms with Crippen LogP contribution < -0.4 is 14.8 Å². The molecule has 0 aliphatic carbocycles. The van der Waals surface area contributed by atoms with Crippen molar-refractivity contribution < 1.29 is 19.2 Å². The van der Waals surface area contributed by atoms with Gasteiger partial charge in [0.05, 0.1) is 12.0 Å². The first kappa shape index (κ1) is 20.9. The van der Waals surface area contributed by atoms with Gasteiger partial charge in [-0.05, 0) is 23.8 Å². The predicted molar refractivity (Wildman–Crippen MR) is 106 cm³/mol. The summed E-state index contributed by atoms with van der Waals surface area (Å²) in [5.41, 5.74) is 1.01. The molecule has 2 aromatic rings. The van der Waals surface area contributed by atoms with E-state index in [9.17, 15) is 14.9 Å². The molecule has 2 rings (SSSR count). The van der Waals surface area contributed by atoms with Crippen LogP contribution in [0.2, 0.25) is 5.02 Å². The summed E-state index contributed by atoms with van der Waals surface area (Å²) in [6.45, 7) is 0.340. The predicted octanol–water partition coefficient (Wildman–Crippen LogP) is 3.69. The van der Waals surface area contributed by atoms with Crippen molar-refractivity contribution in [3.8, 4) is 11.5 Å². The number of carbonyl (C=O) groups excluding carboxylic acids is 1. The van der Waals surface area contributed by atoms with E-state index in [1.165, 1.54) is 30.9 Å². The maximum atomic E-state index is 11.8. The summed E-state index contributed by atoms with van der Waals surface area (Å²) in [6.07, 6.45) is 0. The van der Waals surface area contributed by atoms with E-state index in [0.717, 1.165) is 11.5 Å². The van der Waals surface area contributed by atoms with E-state index in [0.29, 0.717) is 17.3 Å². The lowest BCUT2D eigenvalue weighted by atomic mass is 10.2. The molecule has 0 aromatic heterocycles. The summed E-state index contributed by atoms with van der Waals surface area (Å²) in [5, 5.41) is 14.3. The number of hydrogen-bond donors (Lipinski definition) is 1. The van der Waals surface area contributed by atoms with Crippen molar-refractivity contribution in [3.63, 3.8) is 0 Å². The Bertz CT molecular complexity index is 786. The van der Waals surface area contributed by atoms with Crippen molar-refractivity contribution in [2.45, 2.75) is 5.75 Å². The highest BCUT2D eigenvalue weighted by Crippen LogP contribution is 2.30. The van der Waals surface area contributed by atoms with Gasteiger partial charge in [0.1, 0.15) is 5.75 Å². The van der Waals surface area contributed by atoms with Gasteiger partial charge in [-0.15, -0.1) is 0 Å². The fourth-order valence-electron chi connectivity index (χ4n) is 2.13. The zero-order valence-corrected chi connectivity index (χ0v) is 16.2. The van der Waals surface area contributed by atoms with Crippen LogP contribution in [0.4, 0.5) is 5.69 Å². The van der Waals surface area contributed by atoms with E-state index in [2.05, 4.69) is 5.32 Å². The van der Waals surface area contributed by atoms with Gasteiger partial charge in [0.2, 0.25) is 5.75 Å². The second kappa shape index (κ2) is 10.6. The molecule has 0 saturated carbocycles. The van der Waals surface area contributed by atoms with E-state index in [1.807, 2.05) is 24.3 Å². The number of nitro benzene ring substituents is 1. The molecule has 1 amide bonds. The van der Waals surface area contributed by atoms with Crippen LogP contribution in [0.15, 0.2) is 42.5 Å². The van der Waals surface area contributed by atoms with Gasteiger partial charge in [-0.3, -0.25) is 14.9 Å². The van der Waals surface area contributed by atoms with Gasteiger partial charge in [-0.2, -0.15) is 11.8 Å². The number of ether oxygens (including phenoxy) is 2. The maximum Gasteiger partial charge on any atom is 0.311 e. The lowest BCUT2D eigenvalue weighted by Gasteiger charge is -2.09. The molecule has 0 aliphatic heterocycles. The molecule has 7 nitrogen and oxygen atoms in total. The van der Waals surface area contributed by atoms with Crippen LogP contribution in [0.1, 0.15) is 5.56 Å². The van der Waals surface area contributed by atoms with Crippen LogP contribution in [-0.2, 0) is 10.5 Å². The van der Waals surface area contributed by atoms with E-state index in [4.69, 9.17) is 21.1 Å². The van der Waals surface area contributed by atoms with Crippen LogP contribution in [0, 0.1) is 10.1 Å². The maximum absolute atomic E-state index is 11.8. The van der Waals surface area contributed by atoms with Gasteiger partial charge in [0, 0.05) is 35.2 Å². The Morgan fingerprint density at radius 2 is 2.00 bits per heavy atom. The van der Waals surface area contributed by atoms with E-state index in [-0.39, 0.29) is 24.0 Å². The summed E-state index contributed by atoms with van der Waals surface area (Å²) < 4.78 is 10.3. The number of methoxy groups -OCH3 is 1. The Morgan fingerprint density at radius 1 is 1.26 bits per heavy atom. The fourth-order valence-corrected chi connectivity index (χ4v) is 3.08. The van der Waals surface area contributed by atoms with E-state index < -0.39 is 4.92 Å². The molecule has 0 atom stereocenters. The fraction of sp³-hybridized carbons (Fsp3) is 0.278. The number of hydrogen-bond acceptors (Lipinski definition) is 6. The normalized spacial score (nSPS) is 10.3. The second-order valence-electron chi connectivity index (χ2n) is 5.41. The largest absolute Gasteiger partial charge is 0.490 e. The Labute approximate surface area is 166 Å². The zero-order chi connectivity index (χ0) is 19.6. The van der Waals surface area contributed by atoms with Crippen molar-refractivity contribution in [2.24, 2.45) is 0 Å². The Kier molecular flexibility index (Phi) is 8.22. The van der Waals surface area contributed by atoms with Gasteiger partial charge >= 0.3 is 5.69 Å². The number of amides is 1. The topological polar surface area (TPSA) is 90.7 Å². The number of thioether (sulfide) groups is 1. The third kappa shape index (κ3) is 6.99. The summed E-state index contributed by atoms with van der Waals surface area (Å²) in [5.74, 6) is 1.74. The van der Waals surface area contributed by atoms with Crippen LogP contribution in [0.3, 0.4) is 0 Å². The molecule has 0 unspecified atom stereocenters. The second-order valence-corrected chi connectivity index (χ2v) is 6.95. The van der Waals surface area contributed by atoms with Crippen molar-refractivity contribution in [1.82, 2.24) is 5.32 Å². The molecular weight excluding hydrogens is 392 g/mol. The minimum absolute atomic E-state index is 0.0801. The molecule has 0 heterocycles. The first-order valence-electron chi connectivity index (χ1n) is 8.03. The Morgan fingerprint density at radius 3 is 2.67 bits per heavy atom. The number of nitrogens with zero attached hydrogens (tertiary/aromatic N) is 1. The highest BCUT2D eigenvalue weighted by Gasteiger charge is 2.15. The van der Waals surface area contributed by atoms with E-state index in [1.54, 1.807) is 11.8 Å². The highest BCUT2D eigenvalue weighted by atomic mass is 35.5. The third-order valence-electron chi connectivity index (χ3n) is 3.47. The number of nitrogens with one attached hydrogen (secondary N) is 1. The SMILES string of the molecule is COc1cc(OCC(=O)NCCSCc2ccc(Cl)cc2)ccc1[N+](=O)[O-]. The molecule has 0 radical (unpaired) electrons. The summed E-state index contributed by atoms with van der Waals surface area (Å²) in [6, 6.07) is 11.7. The van der Waals surface area contributed by atoms with Crippen LogP contribution in [0.25, 0.3) is 0 Å². The monoisotopic (exact) mass is 410 g/mol. The van der Waals surface area contributed by atoms with Crippen LogP contribution in [0.5, 0.6) is 11.5 Å². The van der Waals surface area contributed by atoms with Crippen LogP contribution >= 0.6 is 23.4 Å². The van der Waals surface area contributed by atoms with Gasteiger partial charge in [0.15, 0.2) is 6.61 Å². The number of benzene rings is 2. The molecule has 0 spiro atoms. The molecule has 0 bridgehead atoms. The first-order valence-corrected chi connectivity index (χ1v) is 9.57. The average molecular weight is 411 g/mol. The van der Waals surface area contributed by atoms with Gasteiger partial charge < -0.3 is 14.8 Å². The summed E-state index contributed by atoms with van der Waals surface area (Å²) in [7, 11) is 1.33. The molecule has 1 N–H and O–H groups in total. The summed E-state index contributed by atoms with van der Waals surface area (Å²) >= 11 is 7.54. The lowest BCUT2D eigenvalue weighted by Crippen LogP contribution is -2.30. The van der Waals surface area contributed by atoms with E-state index >= 15 is 0 Å². The molecule has 0 fully saturated rings. The quantitative estimate of drug-likeness (QED) is 0.365. The molecule has 0 aliphatic rings. The number of halogens is 1. The average Bonchev–Trinajstić information content (AvgIpc) is 2.67. The first-order chi connectivity index (χ1) is 13.0. The molecule has 144 valence electrons. The lowest BCUT2D eigenvalue weighted by molar-refractivity contribution is -0.385. The standard InChI is InChI=1S/C18H19ClN2O5S/c1-25-17-10-15(6-7-16(17)21(23)24)26-11-18(22)20-8-9-27-12-13-2-4-14(19)5-3-13/h2-7,10H,8-9,11-12H2,1H3,(H,20,22). The number of carbonyl (C=O) groups is 1. The van der Waals surface area contributed by atoms with Crippen molar-refractivity contribution in [2.75, 3.05) is 26.0 Å². The number of rotatable bonds is 10. The number of nitro groups is 1. The van der Waals surface area contributed by atoms with Crippen LogP contribution in [-0.4, -0.2) is 36.8 Å². The zero-order valence-electron chi connectivity index (χ0n) is 14.6. The molecular formula is C18H19ClN2O5S. The van der Waals surface area contributed by atoms with Crippen molar-refractivity contribution in [3.05, 3.63) is 63.2 Å². The van der Waals surface area contributed by atoms with Crippen molar-refractivity contribution in [1.29, 1.82) is 0 Å². The summed E-state index contributed by atoms with van der Waals surface area (Å²) in [4.78, 5) is 22.1. The smallest absolute Gasteiger partial charge is 0.311 e. The minimum Gasteiger partial charge on any atom is -0.490 e. The molecule has 27 heavy (non-hydrogen) atoms. The molecule has 2 aromatic carbocycles. The molecule has 9 heteroatoms. The molecule has 0 saturated heterocycles. The third-order valence-corrected chi connectivity index (χ3v) is 4.75. The van der Waals surface area contributed by atoms with Gasteiger partial charge in [-0.25, -0.2) is 0 Å². The van der Waals surface area contributed by atoms with Gasteiger partial charge in [-0.1, -0.05) is 23.7 Å². The minimum atomic E-state index is -0.545. The van der Waals surface area contributed by atoms with Crippen molar-refractivity contribution >= 4 is 35.0 Å². The Hall–Kier alpha value is -2.45. The highest BCUT2D eigenvalue weighted by molar-refractivity contribution is 7.98. The van der Waals surface area contributed by atoms with Gasteiger partial charge in [0.25, 0.3) is 5.91 Å².